The first kappa shape index (κ1) is 28.3. The van der Waals surface area contributed by atoms with Gasteiger partial charge in [-0.05, 0) is 67.2 Å². The van der Waals surface area contributed by atoms with Crippen molar-refractivity contribution in [3.05, 3.63) is 71.3 Å². The van der Waals surface area contributed by atoms with Gasteiger partial charge in [0, 0.05) is 11.6 Å². The summed E-state index contributed by atoms with van der Waals surface area (Å²) in [6.07, 6.45) is 4.35. The predicted molar refractivity (Wildman–Crippen MR) is 149 cm³/mol. The van der Waals surface area contributed by atoms with Crippen molar-refractivity contribution >= 4 is 23.7 Å². The summed E-state index contributed by atoms with van der Waals surface area (Å²) < 4.78 is 5.53. The van der Waals surface area contributed by atoms with Crippen molar-refractivity contribution in [2.75, 3.05) is 6.61 Å². The number of hydrogen-bond acceptors (Lipinski definition) is 5. The van der Waals surface area contributed by atoms with Gasteiger partial charge in [0.25, 0.3) is 5.91 Å². The second-order valence-corrected chi connectivity index (χ2v) is 11.2. The fourth-order valence-electron chi connectivity index (χ4n) is 5.52. The van der Waals surface area contributed by atoms with Crippen LogP contribution in [-0.4, -0.2) is 46.4 Å². The van der Waals surface area contributed by atoms with Gasteiger partial charge < -0.3 is 15.2 Å². The van der Waals surface area contributed by atoms with Crippen molar-refractivity contribution in [1.29, 1.82) is 0 Å². The van der Waals surface area contributed by atoms with E-state index in [1.165, 1.54) is 5.01 Å². The Morgan fingerprint density at radius 2 is 1.69 bits per heavy atom. The van der Waals surface area contributed by atoms with E-state index in [4.69, 9.17) is 4.74 Å². The van der Waals surface area contributed by atoms with Gasteiger partial charge in [0.2, 0.25) is 11.8 Å². The van der Waals surface area contributed by atoms with E-state index in [9.17, 15) is 19.5 Å². The Bertz CT molecular complexity index is 1170. The summed E-state index contributed by atoms with van der Waals surface area (Å²) >= 11 is 0. The van der Waals surface area contributed by atoms with Crippen LogP contribution in [0.4, 0.5) is 0 Å². The summed E-state index contributed by atoms with van der Waals surface area (Å²) in [7, 11) is 0. The molecule has 2 atom stereocenters. The number of amides is 2. The molecule has 1 heterocycles. The molecule has 8 nitrogen and oxygen atoms in total. The minimum Gasteiger partial charge on any atom is -0.481 e. The van der Waals surface area contributed by atoms with E-state index in [-0.39, 0.29) is 42.2 Å². The van der Waals surface area contributed by atoms with Crippen molar-refractivity contribution in [2.24, 2.45) is 22.9 Å². The maximum atomic E-state index is 13.3. The summed E-state index contributed by atoms with van der Waals surface area (Å²) in [6.45, 7) is 6.13. The lowest BCUT2D eigenvalue weighted by Gasteiger charge is -2.31. The molecule has 4 rings (SSSR count). The average molecular weight is 534 g/mol. The van der Waals surface area contributed by atoms with E-state index in [1.54, 1.807) is 6.92 Å². The van der Waals surface area contributed by atoms with Gasteiger partial charge in [-0.3, -0.25) is 14.4 Å². The summed E-state index contributed by atoms with van der Waals surface area (Å²) in [5, 5.41) is 18.3. The molecule has 0 spiro atoms. The highest BCUT2D eigenvalue weighted by Gasteiger charge is 2.30. The highest BCUT2D eigenvalue weighted by molar-refractivity contribution is 5.97. The number of aliphatic carboxylic acids is 1. The van der Waals surface area contributed by atoms with E-state index in [2.05, 4.69) is 24.3 Å². The third-order valence-corrected chi connectivity index (χ3v) is 7.77. The van der Waals surface area contributed by atoms with E-state index in [0.717, 1.165) is 42.4 Å². The minimum absolute atomic E-state index is 0.0283. The van der Waals surface area contributed by atoms with Gasteiger partial charge in [-0.1, -0.05) is 63.2 Å². The van der Waals surface area contributed by atoms with Crippen LogP contribution in [0.1, 0.15) is 75.5 Å². The first-order valence-corrected chi connectivity index (χ1v) is 13.9. The number of carbonyl (C=O) groups is 3. The van der Waals surface area contributed by atoms with Gasteiger partial charge in [-0.25, -0.2) is 5.01 Å². The molecule has 1 saturated carbocycles. The maximum Gasteiger partial charge on any atom is 0.306 e. The number of rotatable bonds is 10. The molecule has 2 amide bonds. The van der Waals surface area contributed by atoms with Gasteiger partial charge in [-0.2, -0.15) is 0 Å². The van der Waals surface area contributed by atoms with E-state index < -0.39 is 5.97 Å². The van der Waals surface area contributed by atoms with Crippen LogP contribution in [0.3, 0.4) is 0 Å². The molecule has 2 N–H and O–H groups in total. The van der Waals surface area contributed by atoms with Gasteiger partial charge in [0.15, 0.2) is 6.61 Å². The molecule has 208 valence electrons. The number of ether oxygens (including phenoxy) is 1. The SMILES string of the molecule is CC(CC1CCC(NC(=O)C(c2ccc(CN3N=C(c4ccccc4)OCC3=O)cc2)C(C)C)CC1)C(=O)O. The number of nitrogens with one attached hydrogen (secondary N) is 1. The summed E-state index contributed by atoms with van der Waals surface area (Å²) in [6, 6.07) is 17.5. The van der Waals surface area contributed by atoms with Crippen molar-refractivity contribution < 1.29 is 24.2 Å². The molecule has 2 aromatic carbocycles. The van der Waals surface area contributed by atoms with Gasteiger partial charge in [0.1, 0.15) is 0 Å². The Morgan fingerprint density at radius 1 is 1.03 bits per heavy atom. The molecule has 1 aliphatic heterocycles. The quantitative estimate of drug-likeness (QED) is 0.450. The molecular formula is C31H39N3O5. The van der Waals surface area contributed by atoms with E-state index in [0.29, 0.717) is 24.8 Å². The maximum absolute atomic E-state index is 13.3. The fraction of sp³-hybridized carbons (Fsp3) is 0.484. The minimum atomic E-state index is -0.738. The van der Waals surface area contributed by atoms with E-state index in [1.807, 2.05) is 54.6 Å². The molecule has 2 aliphatic rings. The highest BCUT2D eigenvalue weighted by atomic mass is 16.5. The van der Waals surface area contributed by atoms with Crippen LogP contribution in [0.5, 0.6) is 0 Å². The molecule has 0 saturated heterocycles. The summed E-state index contributed by atoms with van der Waals surface area (Å²) in [4.78, 5) is 37.0. The number of carboxylic acids is 1. The lowest BCUT2D eigenvalue weighted by Crippen LogP contribution is -2.41. The zero-order chi connectivity index (χ0) is 27.9. The number of carboxylic acid groups (broad SMARTS) is 1. The first-order chi connectivity index (χ1) is 18.7. The van der Waals surface area contributed by atoms with Crippen LogP contribution in [0, 0.1) is 17.8 Å². The molecular weight excluding hydrogens is 494 g/mol. The third-order valence-electron chi connectivity index (χ3n) is 7.77. The Labute approximate surface area is 230 Å². The number of benzene rings is 2. The van der Waals surface area contributed by atoms with Crippen molar-refractivity contribution in [1.82, 2.24) is 10.3 Å². The standard InChI is InChI=1S/C31H39N3O5/c1-20(2)28(29(36)32-26-15-11-22(12-16-26)17-21(3)31(37)38)24-13-9-23(10-14-24)18-34-27(35)19-39-30(33-34)25-7-5-4-6-8-25/h4-10,13-14,20-22,26,28H,11-12,15-19H2,1-3H3,(H,32,36)(H,37,38). The first-order valence-electron chi connectivity index (χ1n) is 13.9. The zero-order valence-corrected chi connectivity index (χ0v) is 23.0. The highest BCUT2D eigenvalue weighted by Crippen LogP contribution is 2.31. The van der Waals surface area contributed by atoms with Crippen LogP contribution in [0.2, 0.25) is 0 Å². The van der Waals surface area contributed by atoms with Crippen LogP contribution < -0.4 is 5.32 Å². The van der Waals surface area contributed by atoms with Crippen LogP contribution >= 0.6 is 0 Å². The van der Waals surface area contributed by atoms with E-state index >= 15 is 0 Å². The molecule has 39 heavy (non-hydrogen) atoms. The molecule has 2 unspecified atom stereocenters. The second-order valence-electron chi connectivity index (χ2n) is 11.2. The molecule has 2 aromatic rings. The molecule has 1 aliphatic carbocycles. The lowest BCUT2D eigenvalue weighted by molar-refractivity contribution is -0.141. The van der Waals surface area contributed by atoms with Gasteiger partial charge in [-0.15, -0.1) is 5.10 Å². The molecule has 0 aromatic heterocycles. The Balaban J connectivity index is 1.36. The van der Waals surface area contributed by atoms with Crippen LogP contribution in [-0.2, 0) is 25.7 Å². The summed E-state index contributed by atoms with van der Waals surface area (Å²) in [5.41, 5.74) is 2.68. The number of nitrogens with zero attached hydrogens (tertiary/aromatic N) is 2. The zero-order valence-electron chi connectivity index (χ0n) is 23.0. The Hall–Kier alpha value is -3.68. The van der Waals surface area contributed by atoms with Crippen molar-refractivity contribution in [3.8, 4) is 0 Å². The normalized spacial score (nSPS) is 21.1. The topological polar surface area (TPSA) is 108 Å². The largest absolute Gasteiger partial charge is 0.481 e. The van der Waals surface area contributed by atoms with Crippen LogP contribution in [0.15, 0.2) is 59.7 Å². The molecule has 8 heteroatoms. The fourth-order valence-corrected chi connectivity index (χ4v) is 5.52. The smallest absolute Gasteiger partial charge is 0.306 e. The molecule has 1 fully saturated rings. The van der Waals surface area contributed by atoms with Gasteiger partial charge in [0.05, 0.1) is 18.4 Å². The summed E-state index contributed by atoms with van der Waals surface area (Å²) in [5.74, 6) is -0.575. The Kier molecular flexibility index (Phi) is 9.38. The van der Waals surface area contributed by atoms with Crippen LogP contribution in [0.25, 0.3) is 0 Å². The average Bonchev–Trinajstić information content (AvgIpc) is 2.92. The second kappa shape index (κ2) is 12.9. The monoisotopic (exact) mass is 533 g/mol. The third kappa shape index (κ3) is 7.46. The molecule has 0 radical (unpaired) electrons. The number of hydrazone groups is 1. The number of hydrogen-bond donors (Lipinski definition) is 2. The van der Waals surface area contributed by atoms with Crippen molar-refractivity contribution in [3.63, 3.8) is 0 Å². The predicted octanol–water partition coefficient (Wildman–Crippen LogP) is 4.93. The molecule has 0 bridgehead atoms. The number of carbonyl (C=O) groups excluding carboxylic acids is 2. The lowest BCUT2D eigenvalue weighted by atomic mass is 9.80. The van der Waals surface area contributed by atoms with Crippen molar-refractivity contribution in [2.45, 2.75) is 71.4 Å². The van der Waals surface area contributed by atoms with Gasteiger partial charge >= 0.3 is 5.97 Å². The Morgan fingerprint density at radius 3 is 2.31 bits per heavy atom.